The first kappa shape index (κ1) is 17.3. The van der Waals surface area contributed by atoms with Gasteiger partial charge in [0, 0.05) is 24.3 Å². The Morgan fingerprint density at radius 2 is 1.95 bits per heavy atom. The standard InChI is InChI=1S/C14H19F3N2O2/c1-4-8-18(10(3)5-2)11-6-7-13(19(20)21)12(9-11)14(15,16)17/h6-7,9-10H,4-5,8H2,1-3H3. The zero-order valence-electron chi connectivity index (χ0n) is 12.3. The first-order valence-electron chi connectivity index (χ1n) is 6.84. The number of anilines is 1. The molecule has 1 unspecified atom stereocenters. The highest BCUT2D eigenvalue weighted by Gasteiger charge is 2.38. The molecule has 0 aromatic heterocycles. The lowest BCUT2D eigenvalue weighted by atomic mass is 10.1. The summed E-state index contributed by atoms with van der Waals surface area (Å²) in [5, 5.41) is 10.8. The first-order valence-corrected chi connectivity index (χ1v) is 6.84. The summed E-state index contributed by atoms with van der Waals surface area (Å²) in [6.07, 6.45) is -3.19. The van der Waals surface area contributed by atoms with Crippen LogP contribution in [0.25, 0.3) is 0 Å². The summed E-state index contributed by atoms with van der Waals surface area (Å²) < 4.78 is 39.0. The molecule has 0 radical (unpaired) electrons. The van der Waals surface area contributed by atoms with Gasteiger partial charge in [0.05, 0.1) is 4.92 Å². The SMILES string of the molecule is CCCN(c1ccc([N+](=O)[O-])c(C(F)(F)F)c1)C(C)CC. The molecule has 0 saturated carbocycles. The zero-order valence-corrected chi connectivity index (χ0v) is 12.3. The number of nitro groups is 1. The van der Waals surface area contributed by atoms with Crippen LogP contribution in [0.2, 0.25) is 0 Å². The molecular weight excluding hydrogens is 285 g/mol. The monoisotopic (exact) mass is 304 g/mol. The van der Waals surface area contributed by atoms with E-state index in [4.69, 9.17) is 0 Å². The first-order chi connectivity index (χ1) is 9.72. The summed E-state index contributed by atoms with van der Waals surface area (Å²) in [6.45, 7) is 6.41. The van der Waals surface area contributed by atoms with E-state index in [0.717, 1.165) is 25.0 Å². The maximum absolute atomic E-state index is 13.0. The predicted molar refractivity (Wildman–Crippen MR) is 75.5 cm³/mol. The van der Waals surface area contributed by atoms with E-state index >= 15 is 0 Å². The van der Waals surface area contributed by atoms with Gasteiger partial charge < -0.3 is 4.90 Å². The Morgan fingerprint density at radius 3 is 2.38 bits per heavy atom. The molecule has 1 aromatic carbocycles. The second kappa shape index (κ2) is 6.78. The van der Waals surface area contributed by atoms with Gasteiger partial charge in [-0.25, -0.2) is 0 Å². The largest absolute Gasteiger partial charge is 0.423 e. The van der Waals surface area contributed by atoms with E-state index in [9.17, 15) is 23.3 Å². The zero-order chi connectivity index (χ0) is 16.2. The minimum Gasteiger partial charge on any atom is -0.369 e. The lowest BCUT2D eigenvalue weighted by Gasteiger charge is -2.31. The number of hydrogen-bond donors (Lipinski definition) is 0. The van der Waals surface area contributed by atoms with Crippen LogP contribution in [-0.2, 0) is 6.18 Å². The molecule has 21 heavy (non-hydrogen) atoms. The number of alkyl halides is 3. The number of benzene rings is 1. The van der Waals surface area contributed by atoms with Crippen molar-refractivity contribution in [1.29, 1.82) is 0 Å². The van der Waals surface area contributed by atoms with E-state index < -0.39 is 22.4 Å². The number of nitro benzene ring substituents is 1. The van der Waals surface area contributed by atoms with E-state index in [1.807, 2.05) is 25.7 Å². The van der Waals surface area contributed by atoms with Crippen molar-refractivity contribution in [3.05, 3.63) is 33.9 Å². The maximum atomic E-state index is 13.0. The fourth-order valence-corrected chi connectivity index (χ4v) is 2.15. The van der Waals surface area contributed by atoms with Crippen molar-refractivity contribution < 1.29 is 18.1 Å². The van der Waals surface area contributed by atoms with Gasteiger partial charge >= 0.3 is 6.18 Å². The Morgan fingerprint density at radius 1 is 1.33 bits per heavy atom. The molecule has 0 heterocycles. The fourth-order valence-electron chi connectivity index (χ4n) is 2.15. The smallest absolute Gasteiger partial charge is 0.369 e. The molecule has 1 rings (SSSR count). The van der Waals surface area contributed by atoms with Crippen molar-refractivity contribution in [3.8, 4) is 0 Å². The van der Waals surface area contributed by atoms with Crippen LogP contribution in [0.4, 0.5) is 24.5 Å². The van der Waals surface area contributed by atoms with Gasteiger partial charge in [-0.15, -0.1) is 0 Å². The lowest BCUT2D eigenvalue weighted by molar-refractivity contribution is -0.388. The maximum Gasteiger partial charge on any atom is 0.423 e. The van der Waals surface area contributed by atoms with Crippen molar-refractivity contribution in [3.63, 3.8) is 0 Å². The summed E-state index contributed by atoms with van der Waals surface area (Å²) in [5.41, 5.74) is -1.75. The quantitative estimate of drug-likeness (QED) is 0.568. The highest BCUT2D eigenvalue weighted by molar-refractivity contribution is 5.57. The number of rotatable bonds is 6. The summed E-state index contributed by atoms with van der Waals surface area (Å²) in [4.78, 5) is 11.6. The number of halogens is 3. The Balaban J connectivity index is 3.35. The van der Waals surface area contributed by atoms with Crippen molar-refractivity contribution >= 4 is 11.4 Å². The molecule has 0 N–H and O–H groups in total. The molecule has 0 fully saturated rings. The van der Waals surface area contributed by atoms with Crippen LogP contribution >= 0.6 is 0 Å². The average Bonchev–Trinajstić information content (AvgIpc) is 2.42. The molecule has 0 aliphatic rings. The van der Waals surface area contributed by atoms with Crippen LogP contribution < -0.4 is 4.90 Å². The van der Waals surface area contributed by atoms with Crippen molar-refractivity contribution in [2.45, 2.75) is 45.8 Å². The molecule has 0 aliphatic carbocycles. The van der Waals surface area contributed by atoms with Gasteiger partial charge in [-0.05, 0) is 31.9 Å². The Hall–Kier alpha value is -1.79. The predicted octanol–water partition coefficient (Wildman–Crippen LogP) is 4.63. The van der Waals surface area contributed by atoms with Crippen molar-refractivity contribution in [2.75, 3.05) is 11.4 Å². The minimum absolute atomic E-state index is 0.0625. The van der Waals surface area contributed by atoms with Crippen LogP contribution in [0.3, 0.4) is 0 Å². The molecule has 0 spiro atoms. The molecule has 0 bridgehead atoms. The van der Waals surface area contributed by atoms with Crippen LogP contribution in [-0.4, -0.2) is 17.5 Å². The van der Waals surface area contributed by atoms with Gasteiger partial charge in [0.1, 0.15) is 5.56 Å². The van der Waals surface area contributed by atoms with Gasteiger partial charge in [0.15, 0.2) is 0 Å². The van der Waals surface area contributed by atoms with Crippen molar-refractivity contribution in [1.82, 2.24) is 0 Å². The summed E-state index contributed by atoms with van der Waals surface area (Å²) in [7, 11) is 0. The average molecular weight is 304 g/mol. The second-order valence-corrected chi connectivity index (χ2v) is 4.91. The summed E-state index contributed by atoms with van der Waals surface area (Å²) >= 11 is 0. The molecular formula is C14H19F3N2O2. The topological polar surface area (TPSA) is 46.4 Å². The Labute approximate surface area is 121 Å². The Kier molecular flexibility index (Phi) is 5.57. The molecule has 4 nitrogen and oxygen atoms in total. The third-order valence-corrected chi connectivity index (χ3v) is 3.40. The van der Waals surface area contributed by atoms with Gasteiger partial charge in [-0.1, -0.05) is 13.8 Å². The van der Waals surface area contributed by atoms with Gasteiger partial charge in [0.2, 0.25) is 0 Å². The van der Waals surface area contributed by atoms with E-state index in [0.29, 0.717) is 12.2 Å². The van der Waals surface area contributed by atoms with Gasteiger partial charge in [-0.3, -0.25) is 10.1 Å². The molecule has 7 heteroatoms. The molecule has 1 aromatic rings. The molecule has 0 aliphatic heterocycles. The van der Waals surface area contributed by atoms with Crippen LogP contribution in [0, 0.1) is 10.1 Å². The van der Waals surface area contributed by atoms with Crippen LogP contribution in [0.5, 0.6) is 0 Å². The fraction of sp³-hybridized carbons (Fsp3) is 0.571. The second-order valence-electron chi connectivity index (χ2n) is 4.91. The summed E-state index contributed by atoms with van der Waals surface area (Å²) in [6, 6.07) is 3.26. The highest BCUT2D eigenvalue weighted by atomic mass is 19.4. The van der Waals surface area contributed by atoms with Crippen LogP contribution in [0.15, 0.2) is 18.2 Å². The normalized spacial score (nSPS) is 13.0. The lowest BCUT2D eigenvalue weighted by Crippen LogP contribution is -2.33. The third kappa shape index (κ3) is 4.09. The number of nitrogens with zero attached hydrogens (tertiary/aromatic N) is 2. The Bertz CT molecular complexity index is 503. The molecule has 1 atom stereocenters. The third-order valence-electron chi connectivity index (χ3n) is 3.40. The van der Waals surface area contributed by atoms with Crippen molar-refractivity contribution in [2.24, 2.45) is 0 Å². The number of hydrogen-bond acceptors (Lipinski definition) is 3. The molecule has 0 saturated heterocycles. The molecule has 0 amide bonds. The van der Waals surface area contributed by atoms with Gasteiger partial charge in [0.25, 0.3) is 5.69 Å². The van der Waals surface area contributed by atoms with Gasteiger partial charge in [-0.2, -0.15) is 13.2 Å². The van der Waals surface area contributed by atoms with Crippen LogP contribution in [0.1, 0.15) is 39.2 Å². The molecule has 118 valence electrons. The summed E-state index contributed by atoms with van der Waals surface area (Å²) in [5.74, 6) is 0. The van der Waals surface area contributed by atoms with E-state index in [1.54, 1.807) is 0 Å². The van der Waals surface area contributed by atoms with E-state index in [-0.39, 0.29) is 6.04 Å². The van der Waals surface area contributed by atoms with E-state index in [1.165, 1.54) is 6.07 Å². The van der Waals surface area contributed by atoms with E-state index in [2.05, 4.69) is 0 Å². The highest BCUT2D eigenvalue weighted by Crippen LogP contribution is 2.38. The minimum atomic E-state index is -4.74.